The van der Waals surface area contributed by atoms with E-state index in [2.05, 4.69) is 22.3 Å². The molecule has 0 fully saturated rings. The van der Waals surface area contributed by atoms with Crippen molar-refractivity contribution in [1.82, 2.24) is 15.2 Å². The second-order valence-electron chi connectivity index (χ2n) is 8.91. The Balaban J connectivity index is 1.61. The van der Waals surface area contributed by atoms with E-state index >= 15 is 0 Å². The van der Waals surface area contributed by atoms with Gasteiger partial charge in [0.2, 0.25) is 0 Å². The lowest BCUT2D eigenvalue weighted by atomic mass is 10.0. The van der Waals surface area contributed by atoms with Crippen LogP contribution in [0.3, 0.4) is 0 Å². The first-order chi connectivity index (χ1) is 16.9. The first-order valence-electron chi connectivity index (χ1n) is 11.7. The number of hydrogen-bond acceptors (Lipinski definition) is 6. The fourth-order valence-electron chi connectivity index (χ4n) is 3.95. The molecule has 4 rings (SSSR count). The van der Waals surface area contributed by atoms with E-state index in [9.17, 15) is 4.79 Å². The molecule has 6 nitrogen and oxygen atoms in total. The predicted octanol–water partition coefficient (Wildman–Crippen LogP) is 5.16. The van der Waals surface area contributed by atoms with Crippen LogP contribution in [0.5, 0.6) is 5.75 Å². The number of aromatic nitrogens is 1. The maximum atomic E-state index is 13.3. The van der Waals surface area contributed by atoms with Crippen molar-refractivity contribution in [3.63, 3.8) is 0 Å². The van der Waals surface area contributed by atoms with Gasteiger partial charge in [0.05, 0.1) is 22.1 Å². The lowest BCUT2D eigenvalue weighted by Crippen LogP contribution is -2.27. The van der Waals surface area contributed by atoms with E-state index in [-0.39, 0.29) is 11.9 Å². The van der Waals surface area contributed by atoms with Crippen molar-refractivity contribution >= 4 is 28.1 Å². The summed E-state index contributed by atoms with van der Waals surface area (Å²) in [7, 11) is 4.01. The number of likely N-dealkylation sites (N-methyl/N-ethyl adjacent to an activating group) is 1. The fraction of sp³-hybridized carbons (Fsp3) is 0.286. The molecule has 2 heterocycles. The van der Waals surface area contributed by atoms with Crippen molar-refractivity contribution < 1.29 is 9.53 Å². The van der Waals surface area contributed by atoms with Gasteiger partial charge in [0.15, 0.2) is 0 Å². The molecular formula is C28H32N4O2S. The number of aryl methyl sites for hydroxylation is 1. The van der Waals surface area contributed by atoms with Crippen molar-refractivity contribution in [2.75, 3.05) is 27.2 Å². The molecule has 1 atom stereocenters. The van der Waals surface area contributed by atoms with Gasteiger partial charge in [-0.2, -0.15) is 0 Å². The third kappa shape index (κ3) is 5.88. The van der Waals surface area contributed by atoms with Gasteiger partial charge in [0.25, 0.3) is 5.91 Å². The summed E-state index contributed by atoms with van der Waals surface area (Å²) in [5.41, 5.74) is 10.1. The second kappa shape index (κ2) is 11.0. The highest BCUT2D eigenvalue weighted by molar-refractivity contribution is 7.15. The third-order valence-corrected chi connectivity index (χ3v) is 7.07. The highest BCUT2D eigenvalue weighted by Crippen LogP contribution is 2.32. The zero-order chi connectivity index (χ0) is 24.9. The van der Waals surface area contributed by atoms with E-state index in [0.29, 0.717) is 24.5 Å². The molecular weight excluding hydrogens is 456 g/mol. The standard InChI is InChI=1S/C28H32N4O2S/c1-18-9-10-20(34-14-13-32(3)4)15-23(18)28(33)30-19(2)24-16-26(27-12-11-21(17-29)35-27)31-25-8-6-5-7-22(24)25/h5-12,15-16,19H,13-14,17,29H2,1-4H3,(H,30,33). The quantitative estimate of drug-likeness (QED) is 0.340. The molecule has 0 bridgehead atoms. The van der Waals surface area contributed by atoms with Crippen LogP contribution in [-0.2, 0) is 6.54 Å². The number of nitrogens with one attached hydrogen (secondary N) is 1. The molecule has 0 spiro atoms. The number of hydrogen-bond donors (Lipinski definition) is 2. The summed E-state index contributed by atoms with van der Waals surface area (Å²) >= 11 is 1.65. The molecule has 2 aromatic heterocycles. The molecule has 0 aliphatic carbocycles. The third-order valence-electron chi connectivity index (χ3n) is 5.94. The van der Waals surface area contributed by atoms with Crippen molar-refractivity contribution in [2.45, 2.75) is 26.4 Å². The maximum absolute atomic E-state index is 13.3. The van der Waals surface area contributed by atoms with Crippen LogP contribution in [0.1, 0.15) is 39.3 Å². The lowest BCUT2D eigenvalue weighted by Gasteiger charge is -2.19. The molecule has 7 heteroatoms. The van der Waals surface area contributed by atoms with Crippen molar-refractivity contribution in [1.29, 1.82) is 0 Å². The van der Waals surface area contributed by atoms with E-state index in [1.807, 2.05) is 76.5 Å². The minimum absolute atomic E-state index is 0.128. The summed E-state index contributed by atoms with van der Waals surface area (Å²) in [6.07, 6.45) is 0. The SMILES string of the molecule is Cc1ccc(OCCN(C)C)cc1C(=O)NC(C)c1cc(-c2ccc(CN)s2)nc2ccccc12. The number of carbonyl (C=O) groups is 1. The zero-order valence-corrected chi connectivity index (χ0v) is 21.5. The number of benzene rings is 2. The second-order valence-corrected chi connectivity index (χ2v) is 10.1. The van der Waals surface area contributed by atoms with Crippen LogP contribution in [0.15, 0.2) is 60.7 Å². The average molecular weight is 489 g/mol. The fourth-order valence-corrected chi connectivity index (χ4v) is 4.79. The van der Waals surface area contributed by atoms with Crippen LogP contribution in [-0.4, -0.2) is 43.0 Å². The van der Waals surface area contributed by atoms with Gasteiger partial charge in [-0.15, -0.1) is 11.3 Å². The number of ether oxygens (including phenoxy) is 1. The van der Waals surface area contributed by atoms with Crippen LogP contribution in [0, 0.1) is 6.92 Å². The van der Waals surface area contributed by atoms with Crippen molar-refractivity contribution in [3.8, 4) is 16.3 Å². The van der Waals surface area contributed by atoms with Crippen LogP contribution >= 0.6 is 11.3 Å². The molecule has 1 unspecified atom stereocenters. The number of carbonyl (C=O) groups excluding carboxylic acids is 1. The van der Waals surface area contributed by atoms with Crippen LogP contribution in [0.2, 0.25) is 0 Å². The Kier molecular flexibility index (Phi) is 7.80. The van der Waals surface area contributed by atoms with E-state index in [0.717, 1.165) is 44.0 Å². The van der Waals surface area contributed by atoms with E-state index in [4.69, 9.17) is 15.5 Å². The molecule has 2 aromatic carbocycles. The number of thiophene rings is 1. The molecule has 3 N–H and O–H groups in total. The molecule has 4 aromatic rings. The zero-order valence-electron chi connectivity index (χ0n) is 20.7. The Hall–Kier alpha value is -3.26. The Labute approximate surface area is 210 Å². The smallest absolute Gasteiger partial charge is 0.252 e. The van der Waals surface area contributed by atoms with Crippen molar-refractivity contribution in [3.05, 3.63) is 82.2 Å². The highest BCUT2D eigenvalue weighted by atomic mass is 32.1. The predicted molar refractivity (Wildman–Crippen MR) is 144 cm³/mol. The molecule has 0 radical (unpaired) electrons. The highest BCUT2D eigenvalue weighted by Gasteiger charge is 2.18. The van der Waals surface area contributed by atoms with E-state index in [1.165, 1.54) is 0 Å². The van der Waals surface area contributed by atoms with Gasteiger partial charge in [-0.25, -0.2) is 4.98 Å². The summed E-state index contributed by atoms with van der Waals surface area (Å²) in [6, 6.07) is 19.6. The first-order valence-corrected chi connectivity index (χ1v) is 12.5. The average Bonchev–Trinajstić information content (AvgIpc) is 3.33. The Morgan fingerprint density at radius 1 is 1.14 bits per heavy atom. The minimum Gasteiger partial charge on any atom is -0.492 e. The van der Waals surface area contributed by atoms with Gasteiger partial charge >= 0.3 is 0 Å². The Bertz CT molecular complexity index is 1330. The monoisotopic (exact) mass is 488 g/mol. The molecule has 0 saturated carbocycles. The number of fused-ring (bicyclic) bond motifs is 1. The number of rotatable bonds is 9. The van der Waals surface area contributed by atoms with Gasteiger partial charge in [0.1, 0.15) is 12.4 Å². The van der Waals surface area contributed by atoms with Gasteiger partial charge in [-0.3, -0.25) is 4.79 Å². The molecule has 182 valence electrons. The minimum atomic E-state index is -0.221. The molecule has 0 aliphatic rings. The summed E-state index contributed by atoms with van der Waals surface area (Å²) in [5.74, 6) is 0.567. The summed E-state index contributed by atoms with van der Waals surface area (Å²) in [5, 5.41) is 4.22. The van der Waals surface area contributed by atoms with Crippen LogP contribution in [0.25, 0.3) is 21.5 Å². The number of pyridine rings is 1. The topological polar surface area (TPSA) is 80.5 Å². The van der Waals surface area contributed by atoms with Gasteiger partial charge in [0, 0.05) is 28.9 Å². The molecule has 35 heavy (non-hydrogen) atoms. The van der Waals surface area contributed by atoms with Gasteiger partial charge < -0.3 is 20.7 Å². The molecule has 1 amide bonds. The summed E-state index contributed by atoms with van der Waals surface area (Å²) in [6.45, 7) is 5.83. The molecule has 0 saturated heterocycles. The largest absolute Gasteiger partial charge is 0.492 e. The maximum Gasteiger partial charge on any atom is 0.252 e. The number of amides is 1. The lowest BCUT2D eigenvalue weighted by molar-refractivity contribution is 0.0939. The van der Waals surface area contributed by atoms with Gasteiger partial charge in [-0.05, 0) is 75.5 Å². The number of nitrogens with two attached hydrogens (primary N) is 1. The van der Waals surface area contributed by atoms with E-state index in [1.54, 1.807) is 11.3 Å². The first kappa shape index (κ1) is 24.9. The van der Waals surface area contributed by atoms with Gasteiger partial charge in [-0.1, -0.05) is 24.3 Å². The number of para-hydroxylation sites is 1. The normalized spacial score (nSPS) is 12.2. The summed E-state index contributed by atoms with van der Waals surface area (Å²) < 4.78 is 5.85. The van der Waals surface area contributed by atoms with Crippen LogP contribution in [0.4, 0.5) is 0 Å². The van der Waals surface area contributed by atoms with E-state index < -0.39 is 0 Å². The molecule has 0 aliphatic heterocycles. The Morgan fingerprint density at radius 3 is 2.69 bits per heavy atom. The summed E-state index contributed by atoms with van der Waals surface area (Å²) in [4.78, 5) is 22.4. The van der Waals surface area contributed by atoms with Crippen molar-refractivity contribution in [2.24, 2.45) is 5.73 Å². The number of nitrogens with zero attached hydrogens (tertiary/aromatic N) is 2. The Morgan fingerprint density at radius 2 is 1.94 bits per heavy atom. The van der Waals surface area contributed by atoms with Crippen LogP contribution < -0.4 is 15.8 Å².